The third kappa shape index (κ3) is 7.29. The Morgan fingerprint density at radius 2 is 2.00 bits per heavy atom. The lowest BCUT2D eigenvalue weighted by atomic mass is 10.2. The Morgan fingerprint density at radius 3 is 2.61 bits per heavy atom. The molecule has 0 unspecified atom stereocenters. The number of hydrogen-bond acceptors (Lipinski definition) is 2. The third-order valence-corrected chi connectivity index (χ3v) is 2.33. The summed E-state index contributed by atoms with van der Waals surface area (Å²) in [6.07, 6.45) is 0.966. The van der Waals surface area contributed by atoms with Gasteiger partial charge in [-0.25, -0.2) is 0 Å². The SMILES string of the molecule is Br.CN=C(NC)NCCCOCc1ccccc1. The Balaban J connectivity index is 0.00000289. The van der Waals surface area contributed by atoms with Crippen LogP contribution in [0.5, 0.6) is 0 Å². The van der Waals surface area contributed by atoms with Crippen LogP contribution in [0.2, 0.25) is 0 Å². The molecule has 0 aliphatic carbocycles. The van der Waals surface area contributed by atoms with Crippen molar-refractivity contribution in [3.05, 3.63) is 35.9 Å². The second-order valence-electron chi connectivity index (χ2n) is 3.64. The Bertz CT molecular complexity index is 330. The van der Waals surface area contributed by atoms with Gasteiger partial charge in [0, 0.05) is 27.2 Å². The number of benzene rings is 1. The molecule has 0 aliphatic rings. The molecule has 1 rings (SSSR count). The molecule has 0 atom stereocenters. The van der Waals surface area contributed by atoms with Crippen molar-refractivity contribution in [2.24, 2.45) is 4.99 Å². The molecule has 0 radical (unpaired) electrons. The molecule has 5 heteroatoms. The fourth-order valence-electron chi connectivity index (χ4n) is 1.42. The summed E-state index contributed by atoms with van der Waals surface area (Å²) in [6, 6.07) is 10.2. The van der Waals surface area contributed by atoms with Crippen molar-refractivity contribution < 1.29 is 4.74 Å². The maximum absolute atomic E-state index is 5.57. The summed E-state index contributed by atoms with van der Waals surface area (Å²) in [7, 11) is 3.60. The number of guanidine groups is 1. The van der Waals surface area contributed by atoms with Crippen LogP contribution >= 0.6 is 17.0 Å². The van der Waals surface area contributed by atoms with Crippen molar-refractivity contribution in [1.82, 2.24) is 10.6 Å². The van der Waals surface area contributed by atoms with Crippen LogP contribution in [0.15, 0.2) is 35.3 Å². The van der Waals surface area contributed by atoms with Crippen molar-refractivity contribution in [2.45, 2.75) is 13.0 Å². The minimum atomic E-state index is 0. The topological polar surface area (TPSA) is 45.7 Å². The van der Waals surface area contributed by atoms with Crippen LogP contribution in [0, 0.1) is 0 Å². The predicted molar refractivity (Wildman–Crippen MR) is 81.5 cm³/mol. The summed E-state index contributed by atoms with van der Waals surface area (Å²) >= 11 is 0. The summed E-state index contributed by atoms with van der Waals surface area (Å²) in [5, 5.41) is 6.14. The zero-order valence-corrected chi connectivity index (χ0v) is 12.7. The summed E-state index contributed by atoms with van der Waals surface area (Å²) in [5.74, 6) is 0.813. The van der Waals surface area contributed by atoms with Gasteiger partial charge in [0.25, 0.3) is 0 Å². The lowest BCUT2D eigenvalue weighted by Crippen LogP contribution is -2.35. The first kappa shape index (κ1) is 16.9. The van der Waals surface area contributed by atoms with Gasteiger partial charge in [-0.15, -0.1) is 17.0 Å². The van der Waals surface area contributed by atoms with E-state index in [2.05, 4.69) is 27.8 Å². The van der Waals surface area contributed by atoms with Crippen LogP contribution in [-0.2, 0) is 11.3 Å². The van der Waals surface area contributed by atoms with Gasteiger partial charge >= 0.3 is 0 Å². The van der Waals surface area contributed by atoms with Crippen LogP contribution in [0.25, 0.3) is 0 Å². The second kappa shape index (κ2) is 11.0. The van der Waals surface area contributed by atoms with Crippen LogP contribution in [-0.4, -0.2) is 33.2 Å². The van der Waals surface area contributed by atoms with E-state index in [-0.39, 0.29) is 17.0 Å². The van der Waals surface area contributed by atoms with E-state index in [1.165, 1.54) is 5.56 Å². The highest BCUT2D eigenvalue weighted by Crippen LogP contribution is 2.00. The molecule has 0 saturated heterocycles. The second-order valence-corrected chi connectivity index (χ2v) is 3.64. The normalized spacial score (nSPS) is 10.7. The largest absolute Gasteiger partial charge is 0.377 e. The fraction of sp³-hybridized carbons (Fsp3) is 0.462. The smallest absolute Gasteiger partial charge is 0.190 e. The van der Waals surface area contributed by atoms with Crippen molar-refractivity contribution in [3.8, 4) is 0 Å². The minimum absolute atomic E-state index is 0. The van der Waals surface area contributed by atoms with Gasteiger partial charge in [-0.1, -0.05) is 30.3 Å². The Labute approximate surface area is 120 Å². The standard InChI is InChI=1S/C13H21N3O.BrH/c1-14-13(15-2)16-9-6-10-17-11-12-7-4-3-5-8-12;/h3-5,7-8H,6,9-11H2,1-2H3,(H2,14,15,16);1H. The lowest BCUT2D eigenvalue weighted by Gasteiger charge is -2.08. The number of nitrogens with zero attached hydrogens (tertiary/aromatic N) is 1. The highest BCUT2D eigenvalue weighted by Gasteiger charge is 1.94. The molecule has 0 saturated carbocycles. The number of hydrogen-bond donors (Lipinski definition) is 2. The molecule has 0 spiro atoms. The molecule has 0 heterocycles. The lowest BCUT2D eigenvalue weighted by molar-refractivity contribution is 0.119. The molecular weight excluding hydrogens is 294 g/mol. The third-order valence-electron chi connectivity index (χ3n) is 2.33. The fourth-order valence-corrected chi connectivity index (χ4v) is 1.42. The first-order chi connectivity index (χ1) is 8.36. The van der Waals surface area contributed by atoms with E-state index in [9.17, 15) is 0 Å². The van der Waals surface area contributed by atoms with E-state index in [4.69, 9.17) is 4.74 Å². The van der Waals surface area contributed by atoms with Crippen molar-refractivity contribution in [2.75, 3.05) is 27.2 Å². The number of nitrogens with one attached hydrogen (secondary N) is 2. The summed E-state index contributed by atoms with van der Waals surface area (Å²) in [6.45, 7) is 2.30. The highest BCUT2D eigenvalue weighted by atomic mass is 79.9. The zero-order valence-electron chi connectivity index (χ0n) is 11.0. The average molecular weight is 316 g/mol. The molecule has 2 N–H and O–H groups in total. The van der Waals surface area contributed by atoms with Crippen molar-refractivity contribution in [3.63, 3.8) is 0 Å². The van der Waals surface area contributed by atoms with Gasteiger partial charge in [-0.3, -0.25) is 4.99 Å². The molecule has 0 amide bonds. The molecule has 102 valence electrons. The Kier molecular flexibility index (Phi) is 10.4. The quantitative estimate of drug-likeness (QED) is 0.479. The molecule has 0 aromatic heterocycles. The molecule has 1 aromatic rings. The van der Waals surface area contributed by atoms with E-state index in [0.29, 0.717) is 6.61 Å². The number of rotatable bonds is 6. The van der Waals surface area contributed by atoms with Gasteiger partial charge in [0.05, 0.1) is 6.61 Å². The minimum Gasteiger partial charge on any atom is -0.377 e. The van der Waals surface area contributed by atoms with E-state index in [0.717, 1.165) is 25.5 Å². The van der Waals surface area contributed by atoms with Crippen molar-refractivity contribution in [1.29, 1.82) is 0 Å². The Hall–Kier alpha value is -1.07. The van der Waals surface area contributed by atoms with Gasteiger partial charge in [0.2, 0.25) is 0 Å². The van der Waals surface area contributed by atoms with Gasteiger partial charge in [-0.05, 0) is 12.0 Å². The molecule has 1 aromatic carbocycles. The molecule has 0 aliphatic heterocycles. The van der Waals surface area contributed by atoms with Crippen LogP contribution in [0.1, 0.15) is 12.0 Å². The summed E-state index contributed by atoms with van der Waals surface area (Å²) in [5.41, 5.74) is 1.21. The van der Waals surface area contributed by atoms with E-state index < -0.39 is 0 Å². The van der Waals surface area contributed by atoms with Crippen LogP contribution < -0.4 is 10.6 Å². The van der Waals surface area contributed by atoms with Gasteiger partial charge in [0.1, 0.15) is 0 Å². The highest BCUT2D eigenvalue weighted by molar-refractivity contribution is 8.93. The van der Waals surface area contributed by atoms with Gasteiger partial charge in [-0.2, -0.15) is 0 Å². The van der Waals surface area contributed by atoms with Gasteiger partial charge in [0.15, 0.2) is 5.96 Å². The molecule has 18 heavy (non-hydrogen) atoms. The van der Waals surface area contributed by atoms with E-state index in [1.807, 2.05) is 25.2 Å². The predicted octanol–water partition coefficient (Wildman–Crippen LogP) is 1.97. The van der Waals surface area contributed by atoms with Crippen LogP contribution in [0.3, 0.4) is 0 Å². The maximum atomic E-state index is 5.57. The summed E-state index contributed by atoms with van der Waals surface area (Å²) < 4.78 is 5.57. The van der Waals surface area contributed by atoms with E-state index >= 15 is 0 Å². The Morgan fingerprint density at radius 1 is 1.28 bits per heavy atom. The van der Waals surface area contributed by atoms with Crippen molar-refractivity contribution >= 4 is 22.9 Å². The summed E-state index contributed by atoms with van der Waals surface area (Å²) in [4.78, 5) is 4.03. The van der Waals surface area contributed by atoms with E-state index in [1.54, 1.807) is 7.05 Å². The number of aliphatic imine (C=N–C) groups is 1. The molecule has 0 bridgehead atoms. The first-order valence-corrected chi connectivity index (χ1v) is 5.87. The monoisotopic (exact) mass is 315 g/mol. The zero-order chi connectivity index (χ0) is 12.3. The maximum Gasteiger partial charge on any atom is 0.190 e. The first-order valence-electron chi connectivity index (χ1n) is 5.87. The molecule has 0 fully saturated rings. The molecule has 4 nitrogen and oxygen atoms in total. The number of halogens is 1. The molecular formula is C13H22BrN3O. The van der Waals surface area contributed by atoms with Gasteiger partial charge < -0.3 is 15.4 Å². The number of ether oxygens (including phenoxy) is 1. The van der Waals surface area contributed by atoms with Crippen LogP contribution in [0.4, 0.5) is 0 Å². The average Bonchev–Trinajstić information content (AvgIpc) is 2.39.